The van der Waals surface area contributed by atoms with Gasteiger partial charge in [-0.2, -0.15) is 0 Å². The number of piperidine rings is 2. The van der Waals surface area contributed by atoms with E-state index in [0.717, 1.165) is 61.2 Å². The Balaban J connectivity index is 1.49. The fourth-order valence-corrected chi connectivity index (χ4v) is 6.85. The maximum atomic E-state index is 14.6. The highest BCUT2D eigenvalue weighted by Gasteiger charge is 2.51. The zero-order valence-electron chi connectivity index (χ0n) is 24.8. The first-order valence-corrected chi connectivity index (χ1v) is 15.1. The van der Waals surface area contributed by atoms with E-state index in [2.05, 4.69) is 14.8 Å². The summed E-state index contributed by atoms with van der Waals surface area (Å²) in [6.45, 7) is 8.11. The van der Waals surface area contributed by atoms with Gasteiger partial charge >= 0.3 is 0 Å². The van der Waals surface area contributed by atoms with Gasteiger partial charge in [0.15, 0.2) is 5.78 Å². The molecule has 8 heteroatoms. The largest absolute Gasteiger partial charge is 0.494 e. The maximum Gasteiger partial charge on any atom is 0.242 e. The van der Waals surface area contributed by atoms with Crippen molar-refractivity contribution in [2.45, 2.75) is 70.1 Å². The summed E-state index contributed by atoms with van der Waals surface area (Å²) in [4.78, 5) is 38.0. The molecule has 3 heterocycles. The van der Waals surface area contributed by atoms with Gasteiger partial charge in [0.25, 0.3) is 0 Å². The predicted octanol–water partition coefficient (Wildman–Crippen LogP) is 4.29. The minimum absolute atomic E-state index is 0.157. The van der Waals surface area contributed by atoms with Crippen LogP contribution in [0.25, 0.3) is 10.9 Å². The lowest BCUT2D eigenvalue weighted by atomic mass is 9.77. The lowest BCUT2D eigenvalue weighted by Crippen LogP contribution is -2.67. The Morgan fingerprint density at radius 2 is 1.73 bits per heavy atom. The summed E-state index contributed by atoms with van der Waals surface area (Å²) in [5.41, 5.74) is 8.20. The molecule has 2 aromatic carbocycles. The second-order valence-corrected chi connectivity index (χ2v) is 11.7. The monoisotopic (exact) mass is 559 g/mol. The SMILES string of the molecule is CCOc1ccccc1CN(C)C(=O)C(N1CCC(N2CCCCC2)CC1)C(N)(C(C)=O)c1c[nH]c2ccccc12. The molecule has 5 rings (SSSR count). The molecule has 0 bridgehead atoms. The van der Waals surface area contributed by atoms with E-state index in [1.807, 2.05) is 61.7 Å². The van der Waals surface area contributed by atoms with Crippen molar-refractivity contribution in [3.63, 3.8) is 0 Å². The predicted molar refractivity (Wildman–Crippen MR) is 163 cm³/mol. The van der Waals surface area contributed by atoms with E-state index in [1.165, 1.54) is 26.2 Å². The highest BCUT2D eigenvalue weighted by molar-refractivity contribution is 6.00. The van der Waals surface area contributed by atoms with Gasteiger partial charge in [-0.1, -0.05) is 42.8 Å². The number of nitrogens with two attached hydrogens (primary N) is 1. The number of hydrogen-bond donors (Lipinski definition) is 2. The molecular formula is C33H45N5O3. The highest BCUT2D eigenvalue weighted by atomic mass is 16.5. The van der Waals surface area contributed by atoms with E-state index < -0.39 is 11.6 Å². The molecule has 2 unspecified atom stereocenters. The molecule has 8 nitrogen and oxygen atoms in total. The van der Waals surface area contributed by atoms with Crippen molar-refractivity contribution >= 4 is 22.6 Å². The number of likely N-dealkylation sites (tertiary alicyclic amines) is 2. The summed E-state index contributed by atoms with van der Waals surface area (Å²) in [6.07, 6.45) is 7.56. The first-order valence-electron chi connectivity index (χ1n) is 15.1. The van der Waals surface area contributed by atoms with Crippen LogP contribution in [0.1, 0.15) is 57.1 Å². The Bertz CT molecular complexity index is 1340. The topological polar surface area (TPSA) is 94.9 Å². The minimum Gasteiger partial charge on any atom is -0.494 e. The van der Waals surface area contributed by atoms with Crippen LogP contribution in [-0.4, -0.2) is 83.3 Å². The van der Waals surface area contributed by atoms with Crippen LogP contribution >= 0.6 is 0 Å². The fourth-order valence-electron chi connectivity index (χ4n) is 6.85. The smallest absolute Gasteiger partial charge is 0.242 e. The Kier molecular flexibility index (Phi) is 9.12. The van der Waals surface area contributed by atoms with Gasteiger partial charge in [0, 0.05) is 61.0 Å². The number of H-pyrrole nitrogens is 1. The van der Waals surface area contributed by atoms with Crippen LogP contribution in [-0.2, 0) is 21.7 Å². The van der Waals surface area contributed by atoms with Crippen LogP contribution in [0.4, 0.5) is 0 Å². The van der Waals surface area contributed by atoms with Crippen LogP contribution < -0.4 is 10.5 Å². The number of Topliss-reactive ketones (excluding diaryl/α,β-unsaturated/α-hetero) is 1. The van der Waals surface area contributed by atoms with Crippen molar-refractivity contribution in [1.29, 1.82) is 0 Å². The van der Waals surface area contributed by atoms with Crippen molar-refractivity contribution in [2.75, 3.05) is 39.8 Å². The van der Waals surface area contributed by atoms with Crippen LogP contribution in [0.15, 0.2) is 54.7 Å². The number of carbonyl (C=O) groups is 2. The number of ketones is 1. The van der Waals surface area contributed by atoms with Gasteiger partial charge in [-0.25, -0.2) is 0 Å². The van der Waals surface area contributed by atoms with E-state index in [-0.39, 0.29) is 11.7 Å². The first-order chi connectivity index (χ1) is 19.8. The molecular weight excluding hydrogens is 514 g/mol. The number of carbonyl (C=O) groups excluding carboxylic acids is 2. The van der Waals surface area contributed by atoms with E-state index in [9.17, 15) is 9.59 Å². The van der Waals surface area contributed by atoms with Crippen LogP contribution in [0.5, 0.6) is 5.75 Å². The van der Waals surface area contributed by atoms with Gasteiger partial charge in [-0.3, -0.25) is 14.5 Å². The molecule has 1 aromatic heterocycles. The third-order valence-corrected chi connectivity index (χ3v) is 9.11. The van der Waals surface area contributed by atoms with Gasteiger partial charge in [0.2, 0.25) is 5.91 Å². The van der Waals surface area contributed by atoms with Crippen LogP contribution in [0, 0.1) is 0 Å². The summed E-state index contributed by atoms with van der Waals surface area (Å²) in [7, 11) is 1.80. The number of amides is 1. The minimum atomic E-state index is -1.53. The number of para-hydroxylation sites is 2. The normalized spacial score (nSPS) is 19.5. The Hall–Kier alpha value is -3.20. The van der Waals surface area contributed by atoms with Gasteiger partial charge in [0.05, 0.1) is 6.61 Å². The number of hydrogen-bond acceptors (Lipinski definition) is 6. The standard InChI is InChI=1S/C33H45N5O3/c1-4-41-30-15-9-6-12-25(30)23-36(3)32(40)31(38-20-16-26(17-21-38)37-18-10-5-11-19-37)33(34,24(2)39)28-22-35-29-14-8-7-13-27(28)29/h6-9,12-15,22,26,31,35H,4-5,10-11,16-21,23,34H2,1-3H3. The summed E-state index contributed by atoms with van der Waals surface area (Å²) in [5.74, 6) is 0.383. The number of fused-ring (bicyclic) bond motifs is 1. The molecule has 1 amide bonds. The third-order valence-electron chi connectivity index (χ3n) is 9.11. The maximum absolute atomic E-state index is 14.6. The zero-order valence-corrected chi connectivity index (χ0v) is 24.8. The second-order valence-electron chi connectivity index (χ2n) is 11.7. The van der Waals surface area contributed by atoms with Gasteiger partial charge in [0.1, 0.15) is 17.3 Å². The number of aromatic nitrogens is 1. The molecule has 2 saturated heterocycles. The van der Waals surface area contributed by atoms with E-state index in [0.29, 0.717) is 24.8 Å². The molecule has 3 N–H and O–H groups in total. The number of aromatic amines is 1. The van der Waals surface area contributed by atoms with Crippen LogP contribution in [0.2, 0.25) is 0 Å². The number of rotatable bonds is 10. The molecule has 2 fully saturated rings. The van der Waals surface area contributed by atoms with Crippen molar-refractivity contribution < 1.29 is 14.3 Å². The average molecular weight is 560 g/mol. The molecule has 3 aromatic rings. The fraction of sp³-hybridized carbons (Fsp3) is 0.515. The molecule has 41 heavy (non-hydrogen) atoms. The second kappa shape index (κ2) is 12.8. The Morgan fingerprint density at radius 1 is 1.05 bits per heavy atom. The lowest BCUT2D eigenvalue weighted by molar-refractivity contribution is -0.145. The number of ether oxygens (including phenoxy) is 1. The summed E-state index contributed by atoms with van der Waals surface area (Å²) in [6, 6.07) is 15.3. The third kappa shape index (κ3) is 5.92. The van der Waals surface area contributed by atoms with E-state index >= 15 is 0 Å². The summed E-state index contributed by atoms with van der Waals surface area (Å²) >= 11 is 0. The van der Waals surface area contributed by atoms with E-state index in [1.54, 1.807) is 11.9 Å². The quantitative estimate of drug-likeness (QED) is 0.385. The number of likely N-dealkylation sites (N-methyl/N-ethyl adjacent to an activating group) is 1. The molecule has 2 aliphatic heterocycles. The van der Waals surface area contributed by atoms with Crippen molar-refractivity contribution in [3.8, 4) is 5.75 Å². The first kappa shape index (κ1) is 29.3. The number of benzene rings is 2. The zero-order chi connectivity index (χ0) is 29.0. The van der Waals surface area contributed by atoms with Crippen molar-refractivity contribution in [1.82, 2.24) is 19.7 Å². The molecule has 220 valence electrons. The van der Waals surface area contributed by atoms with Gasteiger partial charge in [-0.05, 0) is 64.8 Å². The molecule has 2 atom stereocenters. The van der Waals surface area contributed by atoms with Crippen LogP contribution in [0.3, 0.4) is 0 Å². The molecule has 0 spiro atoms. The summed E-state index contributed by atoms with van der Waals surface area (Å²) in [5, 5.41) is 0.871. The van der Waals surface area contributed by atoms with E-state index in [4.69, 9.17) is 10.5 Å². The van der Waals surface area contributed by atoms with Crippen molar-refractivity contribution in [2.24, 2.45) is 5.73 Å². The molecule has 0 aliphatic carbocycles. The number of nitrogens with one attached hydrogen (secondary N) is 1. The Morgan fingerprint density at radius 3 is 2.44 bits per heavy atom. The highest BCUT2D eigenvalue weighted by Crippen LogP contribution is 2.36. The van der Waals surface area contributed by atoms with Gasteiger partial charge < -0.3 is 25.3 Å². The molecule has 0 radical (unpaired) electrons. The summed E-state index contributed by atoms with van der Waals surface area (Å²) < 4.78 is 5.84. The Labute approximate surface area is 243 Å². The molecule has 2 aliphatic rings. The molecule has 0 saturated carbocycles. The average Bonchev–Trinajstić information content (AvgIpc) is 3.44. The number of nitrogens with zero attached hydrogens (tertiary/aromatic N) is 3. The van der Waals surface area contributed by atoms with Crippen molar-refractivity contribution in [3.05, 3.63) is 65.9 Å². The van der Waals surface area contributed by atoms with Gasteiger partial charge in [-0.15, -0.1) is 0 Å². The lowest BCUT2D eigenvalue weighted by Gasteiger charge is -2.47.